The summed E-state index contributed by atoms with van der Waals surface area (Å²) in [5, 5.41) is 12.7. The summed E-state index contributed by atoms with van der Waals surface area (Å²) in [6.07, 6.45) is 9.12. The zero-order valence-electron chi connectivity index (χ0n) is 21.5. The van der Waals surface area contributed by atoms with Crippen LogP contribution in [0.3, 0.4) is 0 Å². The van der Waals surface area contributed by atoms with E-state index in [-0.39, 0.29) is 24.5 Å². The average Bonchev–Trinajstić information content (AvgIpc) is 3.18. The van der Waals surface area contributed by atoms with Crippen molar-refractivity contribution in [3.63, 3.8) is 0 Å². The maximum Gasteiger partial charge on any atom is 0.341 e. The molecule has 1 fully saturated rings. The van der Waals surface area contributed by atoms with E-state index in [4.69, 9.17) is 9.47 Å². The lowest BCUT2D eigenvalue weighted by atomic mass is 9.69. The molecule has 192 valence electrons. The van der Waals surface area contributed by atoms with E-state index in [9.17, 15) is 19.5 Å². The van der Waals surface area contributed by atoms with E-state index in [0.717, 1.165) is 55.2 Å². The number of nitrogens with zero attached hydrogens (tertiary/aromatic N) is 1. The summed E-state index contributed by atoms with van der Waals surface area (Å²) in [5.74, 6) is -0.935. The SMILES string of the molecule is CCCCCCC(C(=O)O)[C@H]1CCC1=CCc1c(NC(=O)N(C)C)c2c(c(C)c1OC)COC2=O. The smallest absolute Gasteiger partial charge is 0.341 e. The molecule has 35 heavy (non-hydrogen) atoms. The van der Waals surface area contributed by atoms with Gasteiger partial charge in [-0.1, -0.05) is 44.3 Å². The molecule has 8 nitrogen and oxygen atoms in total. The number of rotatable bonds is 11. The van der Waals surface area contributed by atoms with Gasteiger partial charge in [-0.2, -0.15) is 0 Å². The minimum absolute atomic E-state index is 0.0282. The van der Waals surface area contributed by atoms with Gasteiger partial charge < -0.3 is 24.8 Å². The number of unbranched alkanes of at least 4 members (excludes halogenated alkanes) is 3. The van der Waals surface area contributed by atoms with Crippen LogP contribution in [0.5, 0.6) is 5.75 Å². The van der Waals surface area contributed by atoms with Gasteiger partial charge in [0.05, 0.1) is 24.3 Å². The monoisotopic (exact) mass is 486 g/mol. The fraction of sp³-hybridized carbons (Fsp3) is 0.593. The van der Waals surface area contributed by atoms with Crippen molar-refractivity contribution < 1.29 is 29.0 Å². The number of hydrogen-bond donors (Lipinski definition) is 2. The van der Waals surface area contributed by atoms with Crippen molar-refractivity contribution in [1.82, 2.24) is 4.90 Å². The van der Waals surface area contributed by atoms with Crippen LogP contribution in [0.2, 0.25) is 0 Å². The number of carbonyl (C=O) groups excluding carboxylic acids is 2. The standard InChI is InChI=1S/C27H38N2O6/c1-6-7-8-9-10-19(25(30)31)18-13-11-17(18)12-14-20-23(28-27(33)29(3)4)22-21(15-35-26(22)32)16(2)24(20)34-5/h12,18-19H,6-11,13-15H2,1-5H3,(H,28,33)(H,30,31)/t18-,19?/m0/s1. The number of methoxy groups -OCH3 is 1. The highest BCUT2D eigenvalue weighted by atomic mass is 16.5. The molecular weight excluding hydrogens is 448 g/mol. The lowest BCUT2D eigenvalue weighted by Crippen LogP contribution is -2.31. The molecule has 1 aromatic rings. The van der Waals surface area contributed by atoms with Gasteiger partial charge in [-0.25, -0.2) is 9.59 Å². The summed E-state index contributed by atoms with van der Waals surface area (Å²) >= 11 is 0. The highest BCUT2D eigenvalue weighted by Crippen LogP contribution is 2.44. The van der Waals surface area contributed by atoms with Gasteiger partial charge in [-0.05, 0) is 44.1 Å². The maximum atomic E-state index is 12.6. The highest BCUT2D eigenvalue weighted by molar-refractivity contribution is 6.05. The van der Waals surface area contributed by atoms with Crippen molar-refractivity contribution >= 4 is 23.7 Å². The first-order valence-corrected chi connectivity index (χ1v) is 12.5. The second-order valence-corrected chi connectivity index (χ2v) is 9.69. The summed E-state index contributed by atoms with van der Waals surface area (Å²) < 4.78 is 11.0. The molecule has 1 unspecified atom stereocenters. The van der Waals surface area contributed by atoms with E-state index in [2.05, 4.69) is 18.3 Å². The topological polar surface area (TPSA) is 105 Å². The molecule has 1 heterocycles. The van der Waals surface area contributed by atoms with Crippen LogP contribution in [-0.4, -0.2) is 49.2 Å². The first-order chi connectivity index (χ1) is 16.7. The fourth-order valence-electron chi connectivity index (χ4n) is 5.12. The van der Waals surface area contributed by atoms with E-state index in [1.165, 1.54) is 4.90 Å². The molecule has 3 rings (SSSR count). The number of carboxylic acid groups (broad SMARTS) is 1. The van der Waals surface area contributed by atoms with Crippen molar-refractivity contribution in [2.45, 2.75) is 71.8 Å². The molecule has 0 saturated heterocycles. The van der Waals surface area contributed by atoms with Crippen molar-refractivity contribution in [2.75, 3.05) is 26.5 Å². The number of carbonyl (C=O) groups is 3. The van der Waals surface area contributed by atoms with Crippen LogP contribution < -0.4 is 10.1 Å². The molecule has 8 heteroatoms. The van der Waals surface area contributed by atoms with Gasteiger partial charge >= 0.3 is 18.0 Å². The molecule has 0 bridgehead atoms. The number of urea groups is 1. The molecule has 0 radical (unpaired) electrons. The molecule has 0 spiro atoms. The number of amides is 2. The lowest BCUT2D eigenvalue weighted by molar-refractivity contribution is -0.144. The van der Waals surface area contributed by atoms with Gasteiger partial charge in [0.25, 0.3) is 0 Å². The Balaban J connectivity index is 1.93. The molecule has 2 atom stereocenters. The van der Waals surface area contributed by atoms with Crippen molar-refractivity contribution in [2.24, 2.45) is 11.8 Å². The quantitative estimate of drug-likeness (QED) is 0.249. The van der Waals surface area contributed by atoms with E-state index in [1.807, 2.05) is 6.92 Å². The Morgan fingerprint density at radius 1 is 1.29 bits per heavy atom. The number of cyclic esters (lactones) is 1. The Kier molecular flexibility index (Phi) is 8.81. The summed E-state index contributed by atoms with van der Waals surface area (Å²) in [5.41, 5.74) is 4.14. The van der Waals surface area contributed by atoms with Crippen LogP contribution in [0.1, 0.15) is 78.9 Å². The average molecular weight is 487 g/mol. The zero-order valence-corrected chi connectivity index (χ0v) is 21.5. The minimum Gasteiger partial charge on any atom is -0.496 e. The number of aliphatic carboxylic acids is 1. The molecule has 2 N–H and O–H groups in total. The van der Waals surface area contributed by atoms with Crippen LogP contribution in [0.15, 0.2) is 11.6 Å². The van der Waals surface area contributed by atoms with Gasteiger partial charge in [0.15, 0.2) is 0 Å². The maximum absolute atomic E-state index is 12.6. The number of benzene rings is 1. The zero-order chi connectivity index (χ0) is 25.7. The van der Waals surface area contributed by atoms with Crippen molar-refractivity contribution in [1.29, 1.82) is 0 Å². The van der Waals surface area contributed by atoms with E-state index < -0.39 is 11.9 Å². The van der Waals surface area contributed by atoms with Crippen LogP contribution in [0.4, 0.5) is 10.5 Å². The van der Waals surface area contributed by atoms with E-state index >= 15 is 0 Å². The second kappa shape index (κ2) is 11.6. The van der Waals surface area contributed by atoms with Crippen LogP contribution in [-0.2, 0) is 22.6 Å². The first kappa shape index (κ1) is 26.6. The van der Waals surface area contributed by atoms with Crippen LogP contribution in [0.25, 0.3) is 0 Å². The largest absolute Gasteiger partial charge is 0.496 e. The van der Waals surface area contributed by atoms with Gasteiger partial charge in [0.1, 0.15) is 12.4 Å². The molecule has 1 aromatic carbocycles. The van der Waals surface area contributed by atoms with E-state index in [0.29, 0.717) is 35.4 Å². The van der Waals surface area contributed by atoms with Crippen LogP contribution in [0, 0.1) is 18.8 Å². The Morgan fingerprint density at radius 3 is 2.60 bits per heavy atom. The van der Waals surface area contributed by atoms with E-state index in [1.54, 1.807) is 21.2 Å². The van der Waals surface area contributed by atoms with Gasteiger partial charge in [0, 0.05) is 25.2 Å². The number of fused-ring (bicyclic) bond motifs is 1. The van der Waals surface area contributed by atoms with Crippen LogP contribution >= 0.6 is 0 Å². The Bertz CT molecular complexity index is 1010. The summed E-state index contributed by atoms with van der Waals surface area (Å²) in [6.45, 7) is 4.17. The normalized spacial score (nSPS) is 18.5. The van der Waals surface area contributed by atoms with Crippen molar-refractivity contribution in [3.8, 4) is 5.75 Å². The summed E-state index contributed by atoms with van der Waals surface area (Å²) in [7, 11) is 4.84. The summed E-state index contributed by atoms with van der Waals surface area (Å²) in [6, 6.07) is -0.355. The molecule has 1 aliphatic heterocycles. The first-order valence-electron chi connectivity index (χ1n) is 12.5. The van der Waals surface area contributed by atoms with Crippen molar-refractivity contribution in [3.05, 3.63) is 33.9 Å². The van der Waals surface area contributed by atoms with Gasteiger partial charge in [-0.3, -0.25) is 4.79 Å². The summed E-state index contributed by atoms with van der Waals surface area (Å²) in [4.78, 5) is 38.6. The molecular formula is C27H38N2O6. The number of hydrogen-bond acceptors (Lipinski definition) is 5. The predicted octanol–water partition coefficient (Wildman–Crippen LogP) is 5.32. The number of carboxylic acids is 1. The lowest BCUT2D eigenvalue weighted by Gasteiger charge is -2.35. The molecule has 2 amide bonds. The number of anilines is 1. The highest BCUT2D eigenvalue weighted by Gasteiger charge is 2.37. The number of esters is 1. The molecule has 0 aromatic heterocycles. The third-order valence-electron chi connectivity index (χ3n) is 7.28. The number of allylic oxidation sites excluding steroid dienone is 2. The number of ether oxygens (including phenoxy) is 2. The predicted molar refractivity (Wildman–Crippen MR) is 134 cm³/mol. The fourth-order valence-corrected chi connectivity index (χ4v) is 5.12. The Labute approximate surface area is 207 Å². The molecule has 2 aliphatic rings. The third kappa shape index (κ3) is 5.63. The molecule has 1 saturated carbocycles. The third-order valence-corrected chi connectivity index (χ3v) is 7.28. The number of nitrogens with one attached hydrogen (secondary N) is 1. The Morgan fingerprint density at radius 2 is 2.03 bits per heavy atom. The minimum atomic E-state index is -0.732. The van der Waals surface area contributed by atoms with Gasteiger partial charge in [-0.15, -0.1) is 0 Å². The molecule has 1 aliphatic carbocycles. The Hall–Kier alpha value is -3.03. The second-order valence-electron chi connectivity index (χ2n) is 9.69. The van der Waals surface area contributed by atoms with Gasteiger partial charge in [0.2, 0.25) is 0 Å².